The second-order valence-corrected chi connectivity index (χ2v) is 6.43. The van der Waals surface area contributed by atoms with Gasteiger partial charge >= 0.3 is 0 Å². The van der Waals surface area contributed by atoms with Crippen LogP contribution < -0.4 is 14.2 Å². The van der Waals surface area contributed by atoms with E-state index >= 15 is 0 Å². The summed E-state index contributed by atoms with van der Waals surface area (Å²) in [7, 11) is 4.96. The lowest BCUT2D eigenvalue weighted by atomic mass is 10.1. The fourth-order valence-electron chi connectivity index (χ4n) is 3.36. The highest BCUT2D eigenvalue weighted by Gasteiger charge is 2.14. The zero-order valence-electron chi connectivity index (χ0n) is 16.2. The van der Waals surface area contributed by atoms with Crippen molar-refractivity contribution in [2.45, 2.75) is 6.54 Å². The van der Waals surface area contributed by atoms with Gasteiger partial charge in [0, 0.05) is 12.1 Å². The molecule has 0 atom stereocenters. The third-order valence-electron chi connectivity index (χ3n) is 4.79. The van der Waals surface area contributed by atoms with Gasteiger partial charge in [-0.05, 0) is 54.1 Å². The van der Waals surface area contributed by atoms with Crippen molar-refractivity contribution < 1.29 is 14.2 Å². The molecule has 0 bridgehead atoms. The van der Waals surface area contributed by atoms with Crippen molar-refractivity contribution in [1.82, 2.24) is 9.55 Å². The van der Waals surface area contributed by atoms with Crippen molar-refractivity contribution in [3.63, 3.8) is 0 Å². The highest BCUT2D eigenvalue weighted by molar-refractivity contribution is 5.80. The molecule has 4 rings (SSSR count). The maximum absolute atomic E-state index is 5.46. The highest BCUT2D eigenvalue weighted by Crippen LogP contribution is 2.31. The molecule has 0 saturated heterocycles. The average molecular weight is 374 g/mol. The van der Waals surface area contributed by atoms with E-state index in [9.17, 15) is 0 Å². The molecule has 0 aliphatic heterocycles. The van der Waals surface area contributed by atoms with Gasteiger partial charge in [0.2, 0.25) is 0 Å². The van der Waals surface area contributed by atoms with E-state index in [1.807, 2.05) is 60.7 Å². The summed E-state index contributed by atoms with van der Waals surface area (Å²) in [6.45, 7) is 0.669. The number of hydrogen-bond donors (Lipinski definition) is 0. The van der Waals surface area contributed by atoms with Crippen LogP contribution in [0.25, 0.3) is 22.4 Å². The number of aromatic nitrogens is 2. The first kappa shape index (κ1) is 17.9. The molecule has 0 aliphatic carbocycles. The minimum absolute atomic E-state index is 0.669. The number of rotatable bonds is 6. The van der Waals surface area contributed by atoms with Crippen LogP contribution in [0.4, 0.5) is 0 Å². The van der Waals surface area contributed by atoms with Crippen LogP contribution in [0.1, 0.15) is 5.56 Å². The molecule has 0 amide bonds. The van der Waals surface area contributed by atoms with Crippen molar-refractivity contribution >= 4 is 11.0 Å². The Balaban J connectivity index is 1.81. The van der Waals surface area contributed by atoms with E-state index in [4.69, 9.17) is 19.2 Å². The summed E-state index contributed by atoms with van der Waals surface area (Å²) < 4.78 is 18.3. The van der Waals surface area contributed by atoms with Crippen LogP contribution in [0.5, 0.6) is 17.2 Å². The molecule has 28 heavy (non-hydrogen) atoms. The topological polar surface area (TPSA) is 45.5 Å². The van der Waals surface area contributed by atoms with Crippen LogP contribution in [0, 0.1) is 0 Å². The molecule has 0 radical (unpaired) electrons. The van der Waals surface area contributed by atoms with Crippen LogP contribution in [-0.4, -0.2) is 30.9 Å². The molecule has 1 heterocycles. The molecule has 0 unspecified atom stereocenters. The van der Waals surface area contributed by atoms with E-state index in [2.05, 4.69) is 10.6 Å². The van der Waals surface area contributed by atoms with Crippen LogP contribution in [0.15, 0.2) is 66.7 Å². The summed E-state index contributed by atoms with van der Waals surface area (Å²) >= 11 is 0. The van der Waals surface area contributed by atoms with Crippen molar-refractivity contribution in [2.24, 2.45) is 0 Å². The van der Waals surface area contributed by atoms with Crippen LogP contribution >= 0.6 is 0 Å². The Morgan fingerprint density at radius 3 is 2.25 bits per heavy atom. The summed E-state index contributed by atoms with van der Waals surface area (Å²) in [4.78, 5) is 4.88. The van der Waals surface area contributed by atoms with Gasteiger partial charge in [0.15, 0.2) is 11.5 Å². The Hall–Kier alpha value is -3.47. The smallest absolute Gasteiger partial charge is 0.161 e. The zero-order valence-corrected chi connectivity index (χ0v) is 16.2. The third-order valence-corrected chi connectivity index (χ3v) is 4.79. The predicted molar refractivity (Wildman–Crippen MR) is 110 cm³/mol. The Morgan fingerprint density at radius 2 is 1.54 bits per heavy atom. The molecule has 4 aromatic rings. The fraction of sp³-hybridized carbons (Fsp3) is 0.174. The summed E-state index contributed by atoms with van der Waals surface area (Å²) in [6.07, 6.45) is 0. The molecule has 0 aliphatic rings. The SMILES string of the molecule is COc1ccc(-c2nc3ccccc3n2Cc2ccc(OC)c(OC)c2)cc1. The van der Waals surface area contributed by atoms with Gasteiger partial charge in [0.1, 0.15) is 11.6 Å². The molecule has 5 nitrogen and oxygen atoms in total. The number of imidazole rings is 1. The zero-order chi connectivity index (χ0) is 19.5. The predicted octanol–water partition coefficient (Wildman–Crippen LogP) is 4.78. The van der Waals surface area contributed by atoms with Crippen molar-refractivity contribution in [3.05, 3.63) is 72.3 Å². The summed E-state index contributed by atoms with van der Waals surface area (Å²) in [6, 6.07) is 22.1. The van der Waals surface area contributed by atoms with Crippen LogP contribution in [0.2, 0.25) is 0 Å². The van der Waals surface area contributed by atoms with E-state index in [0.29, 0.717) is 6.54 Å². The fourth-order valence-corrected chi connectivity index (χ4v) is 3.36. The number of para-hydroxylation sites is 2. The van der Waals surface area contributed by atoms with Gasteiger partial charge in [0.25, 0.3) is 0 Å². The van der Waals surface area contributed by atoms with Crippen molar-refractivity contribution in [1.29, 1.82) is 0 Å². The van der Waals surface area contributed by atoms with E-state index in [0.717, 1.165) is 45.2 Å². The Bertz CT molecular complexity index is 1100. The molecular formula is C23H22N2O3. The summed E-state index contributed by atoms with van der Waals surface area (Å²) in [5.74, 6) is 3.18. The van der Waals surface area contributed by atoms with Crippen molar-refractivity contribution in [2.75, 3.05) is 21.3 Å². The maximum Gasteiger partial charge on any atom is 0.161 e. The monoisotopic (exact) mass is 374 g/mol. The molecule has 0 N–H and O–H groups in total. The number of benzene rings is 3. The molecule has 0 saturated carbocycles. The Labute approximate surface area is 164 Å². The van der Waals surface area contributed by atoms with E-state index < -0.39 is 0 Å². The lowest BCUT2D eigenvalue weighted by Gasteiger charge is -2.13. The normalized spacial score (nSPS) is 10.8. The first-order valence-corrected chi connectivity index (χ1v) is 9.04. The minimum atomic E-state index is 0.669. The maximum atomic E-state index is 5.46. The first-order chi connectivity index (χ1) is 13.7. The molecule has 142 valence electrons. The highest BCUT2D eigenvalue weighted by atomic mass is 16.5. The van der Waals surface area contributed by atoms with Crippen LogP contribution in [-0.2, 0) is 6.54 Å². The largest absolute Gasteiger partial charge is 0.497 e. The van der Waals surface area contributed by atoms with Gasteiger partial charge in [-0.2, -0.15) is 0 Å². The quantitative estimate of drug-likeness (QED) is 0.487. The van der Waals surface area contributed by atoms with E-state index in [1.165, 1.54) is 0 Å². The van der Waals surface area contributed by atoms with E-state index in [1.54, 1.807) is 21.3 Å². The van der Waals surface area contributed by atoms with Gasteiger partial charge in [0.05, 0.1) is 32.4 Å². The average Bonchev–Trinajstić information content (AvgIpc) is 3.12. The van der Waals surface area contributed by atoms with Gasteiger partial charge in [-0.25, -0.2) is 4.98 Å². The number of ether oxygens (including phenoxy) is 3. The van der Waals surface area contributed by atoms with Crippen LogP contribution in [0.3, 0.4) is 0 Å². The molecule has 3 aromatic carbocycles. The number of nitrogens with zero attached hydrogens (tertiary/aromatic N) is 2. The standard InChI is InChI=1S/C23H22N2O3/c1-26-18-11-9-17(10-12-18)23-24-19-6-4-5-7-20(19)25(23)15-16-8-13-21(27-2)22(14-16)28-3/h4-14H,15H2,1-3H3. The first-order valence-electron chi connectivity index (χ1n) is 9.04. The molecule has 5 heteroatoms. The molecule has 0 spiro atoms. The summed E-state index contributed by atoms with van der Waals surface area (Å²) in [5, 5.41) is 0. The lowest BCUT2D eigenvalue weighted by Crippen LogP contribution is -2.03. The second kappa shape index (κ2) is 7.64. The number of fused-ring (bicyclic) bond motifs is 1. The summed E-state index contributed by atoms with van der Waals surface area (Å²) in [5.41, 5.74) is 4.20. The number of methoxy groups -OCH3 is 3. The number of hydrogen-bond acceptors (Lipinski definition) is 4. The van der Waals surface area contributed by atoms with Gasteiger partial charge in [-0.3, -0.25) is 0 Å². The van der Waals surface area contributed by atoms with E-state index in [-0.39, 0.29) is 0 Å². The van der Waals surface area contributed by atoms with Gasteiger partial charge in [-0.1, -0.05) is 18.2 Å². The Kier molecular flexibility index (Phi) is 4.89. The minimum Gasteiger partial charge on any atom is -0.497 e. The third kappa shape index (κ3) is 3.27. The second-order valence-electron chi connectivity index (χ2n) is 6.43. The lowest BCUT2D eigenvalue weighted by molar-refractivity contribution is 0.354. The van der Waals surface area contributed by atoms with Gasteiger partial charge < -0.3 is 18.8 Å². The molecule has 1 aromatic heterocycles. The molecular weight excluding hydrogens is 352 g/mol. The molecule has 0 fully saturated rings. The Morgan fingerprint density at radius 1 is 0.786 bits per heavy atom. The van der Waals surface area contributed by atoms with Crippen molar-refractivity contribution in [3.8, 4) is 28.6 Å². The van der Waals surface area contributed by atoms with Gasteiger partial charge in [-0.15, -0.1) is 0 Å².